The summed E-state index contributed by atoms with van der Waals surface area (Å²) in [5.41, 5.74) is 1.99. The van der Waals surface area contributed by atoms with Gasteiger partial charge in [0.2, 0.25) is 5.91 Å². The van der Waals surface area contributed by atoms with Crippen molar-refractivity contribution in [1.82, 2.24) is 5.32 Å². The third-order valence-electron chi connectivity index (χ3n) is 4.95. The van der Waals surface area contributed by atoms with Gasteiger partial charge in [-0.3, -0.25) is 4.79 Å². The molecule has 5 atom stereocenters. The van der Waals surface area contributed by atoms with Crippen molar-refractivity contribution in [3.63, 3.8) is 0 Å². The number of hydrogen-bond acceptors (Lipinski definition) is 6. The van der Waals surface area contributed by atoms with Crippen molar-refractivity contribution in [3.05, 3.63) is 71.8 Å². The number of carbonyl (C=O) groups excluding carboxylic acids is 1. The molecule has 0 bridgehead atoms. The number of nitrogens with one attached hydrogen (secondary N) is 1. The lowest BCUT2D eigenvalue weighted by molar-refractivity contribution is -0.274. The first-order valence-corrected chi connectivity index (χ1v) is 9.99. The summed E-state index contributed by atoms with van der Waals surface area (Å²) in [6.45, 7) is 2.25. The molecule has 0 aromatic heterocycles. The molecule has 1 aliphatic rings. The predicted molar refractivity (Wildman–Crippen MR) is 110 cm³/mol. The Morgan fingerprint density at radius 3 is 2.20 bits per heavy atom. The van der Waals surface area contributed by atoms with Crippen LogP contribution in [0.2, 0.25) is 0 Å². The maximum absolute atomic E-state index is 11.7. The average molecular weight is 415 g/mol. The van der Waals surface area contributed by atoms with Crippen LogP contribution >= 0.6 is 0 Å². The Bertz CT molecular complexity index is 772. The van der Waals surface area contributed by atoms with Crippen LogP contribution in [0.1, 0.15) is 18.1 Å². The first-order chi connectivity index (χ1) is 14.6. The molecular weight excluding hydrogens is 386 g/mol. The summed E-state index contributed by atoms with van der Waals surface area (Å²) in [7, 11) is 1.49. The van der Waals surface area contributed by atoms with E-state index in [4.69, 9.17) is 18.9 Å². The molecule has 30 heavy (non-hydrogen) atoms. The second-order valence-corrected chi connectivity index (χ2v) is 7.26. The molecular formula is C23H29NO6. The highest BCUT2D eigenvalue weighted by Crippen LogP contribution is 2.26. The summed E-state index contributed by atoms with van der Waals surface area (Å²) in [5.74, 6) is -0.259. The van der Waals surface area contributed by atoms with Crippen LogP contribution in [-0.4, -0.2) is 55.4 Å². The van der Waals surface area contributed by atoms with Crippen molar-refractivity contribution in [3.8, 4) is 0 Å². The molecule has 2 aromatic carbocycles. The third-order valence-corrected chi connectivity index (χ3v) is 4.95. The van der Waals surface area contributed by atoms with Crippen LogP contribution in [0.4, 0.5) is 0 Å². The number of aliphatic hydroxyl groups excluding tert-OH is 1. The fourth-order valence-electron chi connectivity index (χ4n) is 3.48. The average Bonchev–Trinajstić information content (AvgIpc) is 2.76. The van der Waals surface area contributed by atoms with Crippen molar-refractivity contribution in [2.45, 2.75) is 50.8 Å². The Hall–Kier alpha value is -2.29. The second kappa shape index (κ2) is 11.2. The molecule has 0 saturated carbocycles. The quantitative estimate of drug-likeness (QED) is 0.652. The van der Waals surface area contributed by atoms with Gasteiger partial charge in [-0.2, -0.15) is 0 Å². The molecule has 0 radical (unpaired) electrons. The van der Waals surface area contributed by atoms with Crippen LogP contribution in [0.5, 0.6) is 0 Å². The fourth-order valence-corrected chi connectivity index (χ4v) is 3.48. The van der Waals surface area contributed by atoms with Crippen LogP contribution in [0.3, 0.4) is 0 Å². The minimum atomic E-state index is -1.01. The Kier molecular flexibility index (Phi) is 8.36. The topological polar surface area (TPSA) is 86.2 Å². The standard InChI is InChI=1S/C23H29NO6/c1-16(25)24-20-22(29-14-18-11-7-4-8-12-18)21(26)19(30-23(20)27-2)15-28-13-17-9-5-3-6-10-17/h3-12,19-23,26H,13-15H2,1-2H3,(H,24,25)/t19-,20+,21-,22-,23-/m1/s1. The highest BCUT2D eigenvalue weighted by Gasteiger charge is 2.46. The van der Waals surface area contributed by atoms with Crippen LogP contribution in [-0.2, 0) is 37.0 Å². The lowest BCUT2D eigenvalue weighted by Gasteiger charge is -2.44. The molecule has 1 amide bonds. The van der Waals surface area contributed by atoms with Crippen molar-refractivity contribution in [2.24, 2.45) is 0 Å². The Morgan fingerprint density at radius 2 is 1.63 bits per heavy atom. The molecule has 1 saturated heterocycles. The largest absolute Gasteiger partial charge is 0.388 e. The number of methoxy groups -OCH3 is 1. The van der Waals surface area contributed by atoms with E-state index in [0.29, 0.717) is 6.61 Å². The van der Waals surface area contributed by atoms with Crippen molar-refractivity contribution in [2.75, 3.05) is 13.7 Å². The van der Waals surface area contributed by atoms with E-state index in [1.165, 1.54) is 14.0 Å². The second-order valence-electron chi connectivity index (χ2n) is 7.26. The van der Waals surface area contributed by atoms with Crippen molar-refractivity contribution >= 4 is 5.91 Å². The van der Waals surface area contributed by atoms with E-state index in [1.807, 2.05) is 60.7 Å². The van der Waals surface area contributed by atoms with Crippen LogP contribution < -0.4 is 5.32 Å². The van der Waals surface area contributed by atoms with Gasteiger partial charge in [0, 0.05) is 14.0 Å². The highest BCUT2D eigenvalue weighted by atomic mass is 16.7. The van der Waals surface area contributed by atoms with E-state index >= 15 is 0 Å². The minimum Gasteiger partial charge on any atom is -0.388 e. The monoisotopic (exact) mass is 415 g/mol. The lowest BCUT2D eigenvalue weighted by atomic mass is 9.96. The van der Waals surface area contributed by atoms with Crippen molar-refractivity contribution < 1.29 is 28.8 Å². The zero-order chi connectivity index (χ0) is 21.3. The molecule has 0 spiro atoms. The van der Waals surface area contributed by atoms with Gasteiger partial charge in [0.1, 0.15) is 24.4 Å². The van der Waals surface area contributed by atoms with E-state index in [0.717, 1.165) is 11.1 Å². The molecule has 7 heteroatoms. The Morgan fingerprint density at radius 1 is 1.03 bits per heavy atom. The Balaban J connectivity index is 1.68. The van der Waals surface area contributed by atoms with E-state index in [9.17, 15) is 9.90 Å². The van der Waals surface area contributed by atoms with Gasteiger partial charge in [-0.05, 0) is 11.1 Å². The summed E-state index contributed by atoms with van der Waals surface area (Å²) in [5, 5.41) is 13.8. The number of carbonyl (C=O) groups is 1. The molecule has 2 aromatic rings. The molecule has 1 heterocycles. The van der Waals surface area contributed by atoms with Crippen LogP contribution in [0.25, 0.3) is 0 Å². The first-order valence-electron chi connectivity index (χ1n) is 9.99. The predicted octanol–water partition coefficient (Wildman–Crippen LogP) is 2.03. The highest BCUT2D eigenvalue weighted by molar-refractivity contribution is 5.73. The molecule has 0 aliphatic carbocycles. The van der Waals surface area contributed by atoms with Gasteiger partial charge < -0.3 is 29.4 Å². The number of aliphatic hydroxyl groups is 1. The molecule has 2 N–H and O–H groups in total. The van der Waals surface area contributed by atoms with Gasteiger partial charge in [-0.25, -0.2) is 0 Å². The van der Waals surface area contributed by atoms with Crippen LogP contribution in [0.15, 0.2) is 60.7 Å². The SMILES string of the molecule is CO[C@@H]1O[C@H](COCc2ccccc2)[C@@H](O)[C@H](OCc2ccccc2)[C@@H]1NC(C)=O. The maximum atomic E-state index is 11.7. The van der Waals surface area contributed by atoms with Gasteiger partial charge in [0.25, 0.3) is 0 Å². The molecule has 3 rings (SSSR count). The number of benzene rings is 2. The zero-order valence-corrected chi connectivity index (χ0v) is 17.3. The molecule has 7 nitrogen and oxygen atoms in total. The van der Waals surface area contributed by atoms with E-state index in [-0.39, 0.29) is 19.1 Å². The van der Waals surface area contributed by atoms with Crippen LogP contribution in [0, 0.1) is 0 Å². The van der Waals surface area contributed by atoms with Gasteiger partial charge in [-0.15, -0.1) is 0 Å². The molecule has 1 fully saturated rings. The fraction of sp³-hybridized carbons (Fsp3) is 0.435. The lowest BCUT2D eigenvalue weighted by Crippen LogP contribution is -2.65. The van der Waals surface area contributed by atoms with E-state index in [2.05, 4.69) is 5.32 Å². The minimum absolute atomic E-state index is 0.161. The normalized spacial score (nSPS) is 26.3. The summed E-state index contributed by atoms with van der Waals surface area (Å²) in [4.78, 5) is 11.7. The maximum Gasteiger partial charge on any atom is 0.217 e. The molecule has 0 unspecified atom stereocenters. The summed E-state index contributed by atoms with van der Waals surface area (Å²) in [6.07, 6.45) is -3.17. The third kappa shape index (κ3) is 6.10. The van der Waals surface area contributed by atoms with Crippen molar-refractivity contribution in [1.29, 1.82) is 0 Å². The summed E-state index contributed by atoms with van der Waals surface area (Å²) in [6, 6.07) is 18.7. The number of amides is 1. The molecule has 162 valence electrons. The smallest absolute Gasteiger partial charge is 0.217 e. The van der Waals surface area contributed by atoms with Gasteiger partial charge in [0.15, 0.2) is 6.29 Å². The van der Waals surface area contributed by atoms with E-state index < -0.39 is 30.6 Å². The summed E-state index contributed by atoms with van der Waals surface area (Å²) < 4.78 is 23.1. The molecule has 1 aliphatic heterocycles. The van der Waals surface area contributed by atoms with E-state index in [1.54, 1.807) is 0 Å². The number of rotatable bonds is 9. The van der Waals surface area contributed by atoms with Gasteiger partial charge in [-0.1, -0.05) is 60.7 Å². The first kappa shape index (κ1) is 22.4. The zero-order valence-electron chi connectivity index (χ0n) is 17.3. The van der Waals surface area contributed by atoms with Gasteiger partial charge in [0.05, 0.1) is 19.8 Å². The van der Waals surface area contributed by atoms with Gasteiger partial charge >= 0.3 is 0 Å². The summed E-state index contributed by atoms with van der Waals surface area (Å²) >= 11 is 0. The Labute approximate surface area is 176 Å². The number of ether oxygens (including phenoxy) is 4. The number of hydrogen-bond donors (Lipinski definition) is 2.